The Bertz CT molecular complexity index is 463. The van der Waals surface area contributed by atoms with E-state index in [0.29, 0.717) is 6.04 Å². The first-order chi connectivity index (χ1) is 11.3. The third kappa shape index (κ3) is 9.75. The number of halogens is 3. The monoisotopic (exact) mass is 371 g/mol. The fraction of sp³-hybridized carbons (Fsp3) is 0.786. The summed E-state index contributed by atoms with van der Waals surface area (Å²) in [5.74, 6) is -3.54. The number of carboxylic acids is 2. The van der Waals surface area contributed by atoms with Gasteiger partial charge in [-0.3, -0.25) is 4.79 Å². The number of urea groups is 1. The summed E-state index contributed by atoms with van der Waals surface area (Å²) in [6, 6.07) is 0.334. The first kappa shape index (κ1) is 23.0. The van der Waals surface area contributed by atoms with Crippen LogP contribution in [0.3, 0.4) is 0 Å². The van der Waals surface area contributed by atoms with Gasteiger partial charge in [-0.1, -0.05) is 0 Å². The number of nitrogens with one attached hydrogen (secondary N) is 1. The largest absolute Gasteiger partial charge is 0.490 e. The van der Waals surface area contributed by atoms with Crippen LogP contribution in [0.5, 0.6) is 0 Å². The van der Waals surface area contributed by atoms with E-state index < -0.39 is 18.1 Å². The summed E-state index contributed by atoms with van der Waals surface area (Å²) in [6.45, 7) is 3.34. The summed E-state index contributed by atoms with van der Waals surface area (Å²) in [5, 5.41) is 19.1. The molecular weight excluding hydrogens is 347 g/mol. The fourth-order valence-corrected chi connectivity index (χ4v) is 2.24. The van der Waals surface area contributed by atoms with Gasteiger partial charge in [0.1, 0.15) is 0 Å². The van der Waals surface area contributed by atoms with E-state index in [-0.39, 0.29) is 18.5 Å². The molecule has 146 valence electrons. The molecule has 3 N–H and O–H groups in total. The third-order valence-electron chi connectivity index (χ3n) is 3.39. The van der Waals surface area contributed by atoms with Crippen LogP contribution in [0.4, 0.5) is 18.0 Å². The van der Waals surface area contributed by atoms with Gasteiger partial charge in [0.25, 0.3) is 0 Å². The van der Waals surface area contributed by atoms with Crippen molar-refractivity contribution in [1.82, 2.24) is 15.1 Å². The zero-order chi connectivity index (χ0) is 19.8. The maximum Gasteiger partial charge on any atom is 0.490 e. The Morgan fingerprint density at radius 3 is 1.96 bits per heavy atom. The minimum atomic E-state index is -5.08. The lowest BCUT2D eigenvalue weighted by atomic mass is 10.0. The Kier molecular flexibility index (Phi) is 9.24. The minimum Gasteiger partial charge on any atom is -0.481 e. The van der Waals surface area contributed by atoms with Gasteiger partial charge in [0.15, 0.2) is 0 Å². The third-order valence-corrected chi connectivity index (χ3v) is 3.39. The second-order valence-electron chi connectivity index (χ2n) is 5.91. The van der Waals surface area contributed by atoms with Crippen LogP contribution in [0.1, 0.15) is 26.2 Å². The Hall–Kier alpha value is -2.04. The number of hydrogen-bond donors (Lipinski definition) is 3. The average molecular weight is 371 g/mol. The van der Waals surface area contributed by atoms with Gasteiger partial charge >= 0.3 is 24.1 Å². The first-order valence-corrected chi connectivity index (χ1v) is 7.58. The molecule has 1 fully saturated rings. The molecule has 1 heterocycles. The summed E-state index contributed by atoms with van der Waals surface area (Å²) >= 11 is 0. The van der Waals surface area contributed by atoms with Crippen LogP contribution >= 0.6 is 0 Å². The van der Waals surface area contributed by atoms with E-state index in [1.54, 1.807) is 19.0 Å². The maximum absolute atomic E-state index is 11.7. The first-order valence-electron chi connectivity index (χ1n) is 7.58. The lowest BCUT2D eigenvalue weighted by Gasteiger charge is -2.35. The molecular formula is C14H24F3N3O5. The van der Waals surface area contributed by atoms with Gasteiger partial charge in [0.2, 0.25) is 0 Å². The van der Waals surface area contributed by atoms with Gasteiger partial charge in [-0.05, 0) is 19.8 Å². The number of carbonyl (C=O) groups excluding carboxylic acids is 1. The number of alkyl halides is 3. The number of hydrogen-bond acceptors (Lipinski definition) is 4. The van der Waals surface area contributed by atoms with Gasteiger partial charge in [0.05, 0.1) is 6.42 Å². The molecule has 0 aromatic carbocycles. The van der Waals surface area contributed by atoms with Crippen molar-refractivity contribution in [1.29, 1.82) is 0 Å². The van der Waals surface area contributed by atoms with E-state index in [9.17, 15) is 22.8 Å². The molecule has 1 atom stereocenters. The molecule has 1 aliphatic heterocycles. The van der Waals surface area contributed by atoms with Gasteiger partial charge in [-0.25, -0.2) is 9.59 Å². The average Bonchev–Trinajstić information content (AvgIpc) is 2.45. The summed E-state index contributed by atoms with van der Waals surface area (Å²) in [7, 11) is 3.50. The molecule has 8 nitrogen and oxygen atoms in total. The molecule has 0 spiro atoms. The molecule has 25 heavy (non-hydrogen) atoms. The number of rotatable bonds is 4. The highest BCUT2D eigenvalue weighted by molar-refractivity contribution is 5.74. The molecule has 0 aliphatic carbocycles. The molecule has 0 aromatic heterocycles. The van der Waals surface area contributed by atoms with Crippen molar-refractivity contribution >= 4 is 18.0 Å². The molecule has 0 saturated carbocycles. The molecule has 1 rings (SSSR count). The number of carbonyl (C=O) groups is 3. The van der Waals surface area contributed by atoms with Crippen LogP contribution < -0.4 is 5.32 Å². The molecule has 11 heteroatoms. The van der Waals surface area contributed by atoms with E-state index in [4.69, 9.17) is 15.0 Å². The highest BCUT2D eigenvalue weighted by atomic mass is 19.4. The van der Waals surface area contributed by atoms with Crippen molar-refractivity contribution in [3.05, 3.63) is 0 Å². The van der Waals surface area contributed by atoms with Crippen LogP contribution in [0, 0.1) is 0 Å². The SMILES string of the molecule is C[C@H](CC(=O)O)NC1CCN(C(=O)N(C)C)CC1.O=C(O)C(F)(F)F. The van der Waals surface area contributed by atoms with E-state index in [2.05, 4.69) is 5.32 Å². The Labute approximate surface area is 143 Å². The Morgan fingerprint density at radius 1 is 1.20 bits per heavy atom. The highest BCUT2D eigenvalue weighted by Crippen LogP contribution is 2.13. The van der Waals surface area contributed by atoms with Crippen molar-refractivity contribution in [3.8, 4) is 0 Å². The van der Waals surface area contributed by atoms with Gasteiger partial charge in [0, 0.05) is 39.3 Å². The molecule has 0 unspecified atom stereocenters. The lowest BCUT2D eigenvalue weighted by Crippen LogP contribution is -2.49. The van der Waals surface area contributed by atoms with Crippen molar-refractivity contribution in [2.24, 2.45) is 0 Å². The quantitative estimate of drug-likeness (QED) is 0.685. The van der Waals surface area contributed by atoms with Crippen molar-refractivity contribution in [2.75, 3.05) is 27.2 Å². The van der Waals surface area contributed by atoms with Crippen LogP contribution in [0.2, 0.25) is 0 Å². The topological polar surface area (TPSA) is 110 Å². The zero-order valence-corrected chi connectivity index (χ0v) is 14.3. The normalized spacial score (nSPS) is 16.5. The molecule has 0 aromatic rings. The number of piperidine rings is 1. The molecule has 0 radical (unpaired) electrons. The zero-order valence-electron chi connectivity index (χ0n) is 14.3. The Morgan fingerprint density at radius 2 is 1.64 bits per heavy atom. The minimum absolute atomic E-state index is 0.0244. The molecule has 2 amide bonds. The van der Waals surface area contributed by atoms with E-state index >= 15 is 0 Å². The molecule has 1 saturated heterocycles. The summed E-state index contributed by atoms with van der Waals surface area (Å²) in [6.07, 6.45) is -3.19. The smallest absolute Gasteiger partial charge is 0.481 e. The van der Waals surface area contributed by atoms with E-state index in [0.717, 1.165) is 25.9 Å². The number of likely N-dealkylation sites (tertiary alicyclic amines) is 1. The fourth-order valence-electron chi connectivity index (χ4n) is 2.24. The van der Waals surface area contributed by atoms with Crippen LogP contribution in [-0.4, -0.2) is 83.4 Å². The van der Waals surface area contributed by atoms with Gasteiger partial charge in [-0.2, -0.15) is 13.2 Å². The predicted molar refractivity (Wildman–Crippen MR) is 82.2 cm³/mol. The van der Waals surface area contributed by atoms with E-state index in [1.807, 2.05) is 11.8 Å². The van der Waals surface area contributed by atoms with Crippen LogP contribution in [0.25, 0.3) is 0 Å². The maximum atomic E-state index is 11.7. The number of carboxylic acid groups (broad SMARTS) is 2. The molecule has 0 bridgehead atoms. The Balaban J connectivity index is 0.000000697. The second kappa shape index (κ2) is 10.1. The van der Waals surface area contributed by atoms with Crippen LogP contribution in [0.15, 0.2) is 0 Å². The summed E-state index contributed by atoms with van der Waals surface area (Å²) < 4.78 is 31.7. The summed E-state index contributed by atoms with van der Waals surface area (Å²) in [4.78, 5) is 34.6. The van der Waals surface area contributed by atoms with Crippen molar-refractivity contribution in [3.63, 3.8) is 0 Å². The number of nitrogens with zero attached hydrogens (tertiary/aromatic N) is 2. The van der Waals surface area contributed by atoms with Gasteiger partial charge in [-0.15, -0.1) is 0 Å². The number of amides is 2. The molecule has 1 aliphatic rings. The number of aliphatic carboxylic acids is 2. The van der Waals surface area contributed by atoms with Crippen molar-refractivity contribution in [2.45, 2.75) is 44.4 Å². The lowest BCUT2D eigenvalue weighted by molar-refractivity contribution is -0.192. The van der Waals surface area contributed by atoms with Crippen molar-refractivity contribution < 1.29 is 37.8 Å². The highest BCUT2D eigenvalue weighted by Gasteiger charge is 2.38. The van der Waals surface area contributed by atoms with Crippen LogP contribution in [-0.2, 0) is 9.59 Å². The summed E-state index contributed by atoms with van der Waals surface area (Å²) in [5.41, 5.74) is 0. The van der Waals surface area contributed by atoms with E-state index in [1.165, 1.54) is 0 Å². The predicted octanol–water partition coefficient (Wildman–Crippen LogP) is 1.22. The second-order valence-corrected chi connectivity index (χ2v) is 5.91. The standard InChI is InChI=1S/C12H23N3O3.C2HF3O2/c1-9(8-11(16)17)13-10-4-6-15(7-5-10)12(18)14(2)3;3-2(4,5)1(6)7/h9-10,13H,4-8H2,1-3H3,(H,16,17);(H,6,7)/t9-;/m1./s1. The van der Waals surface area contributed by atoms with Gasteiger partial charge < -0.3 is 25.3 Å².